The van der Waals surface area contributed by atoms with Gasteiger partial charge in [-0.25, -0.2) is 4.98 Å². The monoisotopic (exact) mass is 464 g/mol. The zero-order valence-corrected chi connectivity index (χ0v) is 19.8. The van der Waals surface area contributed by atoms with E-state index < -0.39 is 0 Å². The number of benzene rings is 3. The number of hydrogen-bond donors (Lipinski definition) is 0. The molecule has 0 aliphatic rings. The molecule has 164 valence electrons. The molecule has 0 atom stereocenters. The summed E-state index contributed by atoms with van der Waals surface area (Å²) in [6, 6.07) is 21.7. The summed E-state index contributed by atoms with van der Waals surface area (Å²) in [4.78, 5) is 21.0. The number of methoxy groups -OCH3 is 2. The Bertz CT molecular complexity index is 1210. The van der Waals surface area contributed by atoms with Crippen molar-refractivity contribution in [1.29, 1.82) is 0 Å². The van der Waals surface area contributed by atoms with Crippen LogP contribution in [0.15, 0.2) is 71.6 Å². The van der Waals surface area contributed by atoms with Crippen molar-refractivity contribution in [2.24, 2.45) is 0 Å². The number of thioether (sulfide) groups is 1. The molecular weight excluding hydrogens is 440 g/mol. The molecule has 5 nitrogen and oxygen atoms in total. The highest BCUT2D eigenvalue weighted by molar-refractivity contribution is 8.00. The third kappa shape index (κ3) is 4.89. The first kappa shape index (κ1) is 22.2. The second-order valence-corrected chi connectivity index (χ2v) is 9.21. The van der Waals surface area contributed by atoms with Crippen LogP contribution in [0, 0.1) is 6.92 Å². The lowest BCUT2D eigenvalue weighted by molar-refractivity contribution is -0.116. The number of anilines is 1. The zero-order valence-electron chi connectivity index (χ0n) is 18.2. The number of aromatic nitrogens is 1. The summed E-state index contributed by atoms with van der Waals surface area (Å²) < 4.78 is 11.8. The minimum atomic E-state index is 0.00495. The van der Waals surface area contributed by atoms with E-state index in [1.165, 1.54) is 23.1 Å². The molecule has 0 radical (unpaired) electrons. The van der Waals surface area contributed by atoms with Gasteiger partial charge in [0.15, 0.2) is 5.13 Å². The molecule has 0 bridgehead atoms. The Hall–Kier alpha value is -3.03. The van der Waals surface area contributed by atoms with Gasteiger partial charge in [-0.1, -0.05) is 47.7 Å². The summed E-state index contributed by atoms with van der Waals surface area (Å²) >= 11 is 3.03. The van der Waals surface area contributed by atoms with Gasteiger partial charge in [-0.3, -0.25) is 9.69 Å². The summed E-state index contributed by atoms with van der Waals surface area (Å²) in [6.07, 6.45) is 0. The number of nitrogens with zero attached hydrogens (tertiary/aromatic N) is 2. The minimum Gasteiger partial charge on any atom is -0.497 e. The van der Waals surface area contributed by atoms with Crippen LogP contribution < -0.4 is 14.4 Å². The molecule has 0 aliphatic carbocycles. The molecule has 0 unspecified atom stereocenters. The lowest BCUT2D eigenvalue weighted by Gasteiger charge is -2.20. The van der Waals surface area contributed by atoms with Gasteiger partial charge in [0, 0.05) is 4.90 Å². The third-order valence-corrected chi connectivity index (χ3v) is 7.26. The fraction of sp³-hybridized carbons (Fsp3) is 0.200. The van der Waals surface area contributed by atoms with Crippen LogP contribution >= 0.6 is 23.1 Å². The van der Waals surface area contributed by atoms with Gasteiger partial charge < -0.3 is 9.47 Å². The van der Waals surface area contributed by atoms with Gasteiger partial charge in [-0.05, 0) is 48.4 Å². The van der Waals surface area contributed by atoms with Crippen LogP contribution in [0.3, 0.4) is 0 Å². The number of carbonyl (C=O) groups excluding carboxylic acids is 1. The molecule has 0 saturated carbocycles. The largest absolute Gasteiger partial charge is 0.497 e. The van der Waals surface area contributed by atoms with Crippen LogP contribution in [-0.2, 0) is 11.3 Å². The molecule has 1 amide bonds. The Labute approximate surface area is 196 Å². The maximum Gasteiger partial charge on any atom is 0.239 e. The molecule has 32 heavy (non-hydrogen) atoms. The molecular formula is C25H24N2O3S2. The summed E-state index contributed by atoms with van der Waals surface area (Å²) in [7, 11) is 3.28. The molecule has 0 fully saturated rings. The Kier molecular flexibility index (Phi) is 6.97. The van der Waals surface area contributed by atoms with Crippen LogP contribution in [0.4, 0.5) is 5.13 Å². The molecule has 0 spiro atoms. The number of ether oxygens (including phenoxy) is 2. The van der Waals surface area contributed by atoms with E-state index in [0.29, 0.717) is 23.2 Å². The van der Waals surface area contributed by atoms with Gasteiger partial charge in [0.25, 0.3) is 0 Å². The van der Waals surface area contributed by atoms with Crippen molar-refractivity contribution < 1.29 is 14.3 Å². The van der Waals surface area contributed by atoms with E-state index in [4.69, 9.17) is 14.5 Å². The van der Waals surface area contributed by atoms with Gasteiger partial charge >= 0.3 is 0 Å². The van der Waals surface area contributed by atoms with Gasteiger partial charge in [-0.2, -0.15) is 0 Å². The fourth-order valence-corrected chi connectivity index (χ4v) is 5.14. The van der Waals surface area contributed by atoms with Crippen molar-refractivity contribution in [3.63, 3.8) is 0 Å². The quantitative estimate of drug-likeness (QED) is 0.302. The van der Waals surface area contributed by atoms with Gasteiger partial charge in [0.1, 0.15) is 17.0 Å². The number of carbonyl (C=O) groups is 1. The summed E-state index contributed by atoms with van der Waals surface area (Å²) in [6.45, 7) is 2.51. The van der Waals surface area contributed by atoms with Crippen molar-refractivity contribution in [2.75, 3.05) is 24.9 Å². The average molecular weight is 465 g/mol. The second kappa shape index (κ2) is 10.1. The highest BCUT2D eigenvalue weighted by Crippen LogP contribution is 2.37. The normalized spacial score (nSPS) is 10.8. The first-order valence-corrected chi connectivity index (χ1v) is 11.9. The number of amides is 1. The molecule has 0 aliphatic heterocycles. The predicted molar refractivity (Wildman–Crippen MR) is 132 cm³/mol. The highest BCUT2D eigenvalue weighted by atomic mass is 32.2. The molecule has 4 aromatic rings. The van der Waals surface area contributed by atoms with E-state index in [9.17, 15) is 4.79 Å². The van der Waals surface area contributed by atoms with Crippen LogP contribution in [0.1, 0.15) is 11.1 Å². The lowest BCUT2D eigenvalue weighted by atomic mass is 10.2. The molecule has 1 heterocycles. The van der Waals surface area contributed by atoms with E-state index >= 15 is 0 Å². The Balaban J connectivity index is 1.63. The first-order valence-electron chi connectivity index (χ1n) is 10.1. The highest BCUT2D eigenvalue weighted by Gasteiger charge is 2.22. The number of aryl methyl sites for hydroxylation is 1. The van der Waals surface area contributed by atoms with Crippen LogP contribution in [-0.4, -0.2) is 30.9 Å². The first-order chi connectivity index (χ1) is 15.6. The van der Waals surface area contributed by atoms with Crippen LogP contribution in [0.2, 0.25) is 0 Å². The van der Waals surface area contributed by atoms with Crippen molar-refractivity contribution in [2.45, 2.75) is 18.4 Å². The summed E-state index contributed by atoms with van der Waals surface area (Å²) in [5.74, 6) is 1.83. The fourth-order valence-electron chi connectivity index (χ4n) is 3.30. The van der Waals surface area contributed by atoms with Gasteiger partial charge in [0.2, 0.25) is 5.91 Å². The SMILES string of the molecule is COc1ccc(SCC(=O)N(Cc2ccccc2)c2nc3c(OC)ccc(C)c3s2)cc1. The van der Waals surface area contributed by atoms with Crippen molar-refractivity contribution in [3.05, 3.63) is 77.9 Å². The van der Waals surface area contributed by atoms with E-state index in [2.05, 4.69) is 0 Å². The number of rotatable bonds is 8. The predicted octanol–water partition coefficient (Wildman–Crippen LogP) is 5.95. The maximum absolute atomic E-state index is 13.4. The van der Waals surface area contributed by atoms with Crippen LogP contribution in [0.5, 0.6) is 11.5 Å². The van der Waals surface area contributed by atoms with Crippen molar-refractivity contribution in [3.8, 4) is 11.5 Å². The Morgan fingerprint density at radius 2 is 1.75 bits per heavy atom. The minimum absolute atomic E-state index is 0.00495. The standard InChI is InChI=1S/C25H24N2O3S2/c1-17-9-14-21(30-3)23-24(17)32-25(26-23)27(15-18-7-5-4-6-8-18)22(28)16-31-20-12-10-19(29-2)11-13-20/h4-14H,15-16H2,1-3H3. The second-order valence-electron chi connectivity index (χ2n) is 7.19. The molecule has 1 aromatic heterocycles. The van der Waals surface area contributed by atoms with Gasteiger partial charge in [-0.15, -0.1) is 11.8 Å². The molecule has 3 aromatic carbocycles. The average Bonchev–Trinajstić information content (AvgIpc) is 3.28. The number of fused-ring (bicyclic) bond motifs is 1. The third-order valence-electron chi connectivity index (χ3n) is 5.05. The van der Waals surface area contributed by atoms with E-state index in [1.54, 1.807) is 19.1 Å². The molecule has 0 N–H and O–H groups in total. The Morgan fingerprint density at radius 3 is 2.44 bits per heavy atom. The Morgan fingerprint density at radius 1 is 1.00 bits per heavy atom. The topological polar surface area (TPSA) is 51.7 Å². The lowest BCUT2D eigenvalue weighted by Crippen LogP contribution is -2.31. The number of thiazole rings is 1. The maximum atomic E-state index is 13.4. The molecule has 0 saturated heterocycles. The van der Waals surface area contributed by atoms with E-state index in [1.807, 2.05) is 73.7 Å². The van der Waals surface area contributed by atoms with Crippen molar-refractivity contribution in [1.82, 2.24) is 4.98 Å². The molecule has 7 heteroatoms. The zero-order chi connectivity index (χ0) is 22.5. The van der Waals surface area contributed by atoms with Crippen LogP contribution in [0.25, 0.3) is 10.2 Å². The summed E-state index contributed by atoms with van der Waals surface area (Å²) in [5, 5.41) is 0.678. The molecule has 4 rings (SSSR count). The number of hydrogen-bond acceptors (Lipinski definition) is 6. The summed E-state index contributed by atoms with van der Waals surface area (Å²) in [5.41, 5.74) is 2.96. The van der Waals surface area contributed by atoms with E-state index in [0.717, 1.165) is 32.0 Å². The smallest absolute Gasteiger partial charge is 0.239 e. The van der Waals surface area contributed by atoms with Gasteiger partial charge in [0.05, 0.1) is 31.2 Å². The van der Waals surface area contributed by atoms with E-state index in [-0.39, 0.29) is 5.91 Å². The van der Waals surface area contributed by atoms with Crippen molar-refractivity contribution >= 4 is 44.4 Å².